The molecule has 2 amide bonds. The number of benzene rings is 1. The number of piperidine rings is 1. The molecule has 29 heavy (non-hydrogen) atoms. The van der Waals surface area contributed by atoms with Gasteiger partial charge in [0.15, 0.2) is 5.78 Å². The quantitative estimate of drug-likeness (QED) is 0.614. The second kappa shape index (κ2) is 7.27. The number of carbonyl (C=O) groups excluding carboxylic acids is 3. The number of hydrogen-bond donors (Lipinski definition) is 2. The fraction of sp³-hybridized carbons (Fsp3) is 0.333. The van der Waals surface area contributed by atoms with Crippen LogP contribution in [0.4, 0.5) is 10.1 Å². The van der Waals surface area contributed by atoms with Crippen LogP contribution in [-0.2, 0) is 4.79 Å². The molecule has 1 aromatic heterocycles. The monoisotopic (exact) mass is 397 g/mol. The highest BCUT2D eigenvalue weighted by atomic mass is 19.1. The number of pyridine rings is 1. The zero-order chi connectivity index (χ0) is 20.7. The van der Waals surface area contributed by atoms with Crippen molar-refractivity contribution < 1.29 is 18.8 Å². The summed E-state index contributed by atoms with van der Waals surface area (Å²) in [6.45, 7) is 2.62. The average molecular weight is 397 g/mol. The fourth-order valence-corrected chi connectivity index (χ4v) is 4.00. The van der Waals surface area contributed by atoms with Crippen molar-refractivity contribution in [3.05, 3.63) is 62.8 Å². The van der Waals surface area contributed by atoms with Gasteiger partial charge in [0.25, 0.3) is 11.5 Å². The van der Waals surface area contributed by atoms with Crippen LogP contribution in [0.5, 0.6) is 0 Å². The lowest BCUT2D eigenvalue weighted by atomic mass is 9.89. The van der Waals surface area contributed by atoms with Gasteiger partial charge < -0.3 is 15.2 Å². The van der Waals surface area contributed by atoms with Crippen molar-refractivity contribution in [2.45, 2.75) is 32.1 Å². The number of nitrogens with zero attached hydrogens (tertiary/aromatic N) is 1. The van der Waals surface area contributed by atoms with Crippen LogP contribution in [0.15, 0.2) is 29.1 Å². The number of amides is 2. The zero-order valence-corrected chi connectivity index (χ0v) is 15.9. The first-order valence-electron chi connectivity index (χ1n) is 9.54. The molecule has 8 heteroatoms. The molecule has 2 aliphatic heterocycles. The van der Waals surface area contributed by atoms with E-state index in [0.29, 0.717) is 24.5 Å². The minimum Gasteiger partial charge on any atom is -0.338 e. The van der Waals surface area contributed by atoms with Crippen LogP contribution in [-0.4, -0.2) is 40.6 Å². The highest BCUT2D eigenvalue weighted by Crippen LogP contribution is 2.35. The molecule has 150 valence electrons. The third kappa shape index (κ3) is 3.35. The van der Waals surface area contributed by atoms with Gasteiger partial charge in [-0.15, -0.1) is 0 Å². The summed E-state index contributed by atoms with van der Waals surface area (Å²) in [4.78, 5) is 55.6. The second-order valence-corrected chi connectivity index (χ2v) is 7.44. The van der Waals surface area contributed by atoms with E-state index >= 15 is 0 Å². The fourth-order valence-electron chi connectivity index (χ4n) is 4.00. The van der Waals surface area contributed by atoms with E-state index < -0.39 is 34.9 Å². The molecule has 1 fully saturated rings. The molecule has 0 saturated carbocycles. The first-order chi connectivity index (χ1) is 13.9. The number of halogens is 1. The number of aromatic nitrogens is 1. The van der Waals surface area contributed by atoms with E-state index in [1.54, 1.807) is 11.8 Å². The van der Waals surface area contributed by atoms with Gasteiger partial charge in [-0.2, -0.15) is 0 Å². The molecule has 0 spiro atoms. The van der Waals surface area contributed by atoms with E-state index in [9.17, 15) is 23.6 Å². The van der Waals surface area contributed by atoms with Crippen LogP contribution in [0.3, 0.4) is 0 Å². The van der Waals surface area contributed by atoms with Crippen molar-refractivity contribution >= 4 is 23.3 Å². The van der Waals surface area contributed by atoms with Gasteiger partial charge in [-0.1, -0.05) is 0 Å². The Morgan fingerprint density at radius 3 is 2.55 bits per heavy atom. The standard InChI is InChI=1S/C21H20FN3O4/c1-11-9-14(17(20(28)23-11)21(29)25-7-3-2-4-8-25)18(26)16-13-10-12(22)5-6-15(13)24-19(16)27/h5-6,9-10,16H,2-4,7-8H2,1H3,(H,23,28)(H,24,27). The highest BCUT2D eigenvalue weighted by molar-refractivity contribution is 6.23. The summed E-state index contributed by atoms with van der Waals surface area (Å²) >= 11 is 0. The Morgan fingerprint density at radius 1 is 1.10 bits per heavy atom. The Hall–Kier alpha value is -3.29. The van der Waals surface area contributed by atoms with Gasteiger partial charge in [-0.25, -0.2) is 4.39 Å². The van der Waals surface area contributed by atoms with Crippen molar-refractivity contribution in [3.8, 4) is 0 Å². The summed E-state index contributed by atoms with van der Waals surface area (Å²) in [5, 5.41) is 2.56. The smallest absolute Gasteiger partial charge is 0.261 e. The van der Waals surface area contributed by atoms with Crippen LogP contribution in [0, 0.1) is 12.7 Å². The van der Waals surface area contributed by atoms with Crippen molar-refractivity contribution in [1.29, 1.82) is 0 Å². The predicted molar refractivity (Wildman–Crippen MR) is 104 cm³/mol. The molecular formula is C21H20FN3O4. The number of Topliss-reactive ketones (excluding diaryl/α,β-unsaturated/α-hetero) is 1. The minimum atomic E-state index is -1.31. The molecule has 0 bridgehead atoms. The third-order valence-electron chi connectivity index (χ3n) is 5.40. The molecular weight excluding hydrogens is 377 g/mol. The maximum absolute atomic E-state index is 13.7. The predicted octanol–water partition coefficient (Wildman–Crippen LogP) is 2.37. The molecule has 0 aliphatic carbocycles. The Kier molecular flexibility index (Phi) is 4.77. The van der Waals surface area contributed by atoms with E-state index in [1.807, 2.05) is 0 Å². The van der Waals surface area contributed by atoms with E-state index in [4.69, 9.17) is 0 Å². The van der Waals surface area contributed by atoms with Gasteiger partial charge in [0, 0.05) is 30.0 Å². The molecule has 3 heterocycles. The van der Waals surface area contributed by atoms with Crippen molar-refractivity contribution in [3.63, 3.8) is 0 Å². The number of hydrogen-bond acceptors (Lipinski definition) is 4. The maximum atomic E-state index is 13.7. The lowest BCUT2D eigenvalue weighted by molar-refractivity contribution is -0.116. The number of nitrogens with one attached hydrogen (secondary N) is 2. The molecule has 1 unspecified atom stereocenters. The number of carbonyl (C=O) groups is 3. The van der Waals surface area contributed by atoms with Crippen LogP contribution < -0.4 is 10.9 Å². The number of rotatable bonds is 3. The molecule has 7 nitrogen and oxygen atoms in total. The van der Waals surface area contributed by atoms with Gasteiger partial charge in [-0.3, -0.25) is 19.2 Å². The molecule has 0 radical (unpaired) electrons. The number of ketones is 1. The summed E-state index contributed by atoms with van der Waals surface area (Å²) in [5.74, 6) is -3.71. The molecule has 4 rings (SSSR count). The number of aryl methyl sites for hydroxylation is 1. The summed E-state index contributed by atoms with van der Waals surface area (Å²) in [6, 6.07) is 5.11. The lowest BCUT2D eigenvalue weighted by Gasteiger charge is -2.27. The SMILES string of the molecule is Cc1cc(C(=O)C2C(=O)Nc3ccc(F)cc32)c(C(=O)N2CCCCC2)c(=O)[nH]1. The maximum Gasteiger partial charge on any atom is 0.261 e. The largest absolute Gasteiger partial charge is 0.338 e. The molecule has 1 saturated heterocycles. The average Bonchev–Trinajstić information content (AvgIpc) is 3.02. The number of anilines is 1. The molecule has 2 aliphatic rings. The van der Waals surface area contributed by atoms with Crippen molar-refractivity contribution in [2.75, 3.05) is 18.4 Å². The first-order valence-corrected chi connectivity index (χ1v) is 9.54. The Labute approximate surface area is 165 Å². The van der Waals surface area contributed by atoms with Gasteiger partial charge in [0.05, 0.1) is 0 Å². The van der Waals surface area contributed by atoms with Crippen molar-refractivity contribution in [2.24, 2.45) is 0 Å². The summed E-state index contributed by atoms with van der Waals surface area (Å²) in [5.41, 5.74) is -0.0954. The minimum absolute atomic E-state index is 0.112. The Morgan fingerprint density at radius 2 is 1.83 bits per heavy atom. The van der Waals surface area contributed by atoms with E-state index in [2.05, 4.69) is 10.3 Å². The van der Waals surface area contributed by atoms with E-state index in [-0.39, 0.29) is 16.7 Å². The van der Waals surface area contributed by atoms with Crippen molar-refractivity contribution in [1.82, 2.24) is 9.88 Å². The third-order valence-corrected chi connectivity index (χ3v) is 5.40. The lowest BCUT2D eigenvalue weighted by Crippen LogP contribution is -2.40. The van der Waals surface area contributed by atoms with Crippen LogP contribution in [0.1, 0.15) is 57.2 Å². The molecule has 2 N–H and O–H groups in total. The van der Waals surface area contributed by atoms with E-state index in [0.717, 1.165) is 25.3 Å². The normalized spacial score (nSPS) is 18.3. The zero-order valence-electron chi connectivity index (χ0n) is 15.9. The summed E-state index contributed by atoms with van der Waals surface area (Å²) in [7, 11) is 0. The van der Waals surface area contributed by atoms with Crippen LogP contribution in [0.2, 0.25) is 0 Å². The molecule has 1 atom stereocenters. The number of aromatic amines is 1. The van der Waals surface area contributed by atoms with Gasteiger partial charge in [-0.05, 0) is 56.0 Å². The van der Waals surface area contributed by atoms with Gasteiger partial charge in [0.1, 0.15) is 17.3 Å². The number of H-pyrrole nitrogens is 1. The van der Waals surface area contributed by atoms with Gasteiger partial charge >= 0.3 is 0 Å². The van der Waals surface area contributed by atoms with E-state index in [1.165, 1.54) is 18.2 Å². The van der Waals surface area contributed by atoms with Crippen LogP contribution >= 0.6 is 0 Å². The molecule has 2 aromatic rings. The Bertz CT molecular complexity index is 1090. The highest BCUT2D eigenvalue weighted by Gasteiger charge is 2.39. The summed E-state index contributed by atoms with van der Waals surface area (Å²) in [6.07, 6.45) is 2.66. The first kappa shape index (κ1) is 19.0. The number of likely N-dealkylation sites (tertiary alicyclic amines) is 1. The summed E-state index contributed by atoms with van der Waals surface area (Å²) < 4.78 is 13.7. The molecule has 1 aromatic carbocycles. The Balaban J connectivity index is 1.80. The van der Waals surface area contributed by atoms with Crippen LogP contribution in [0.25, 0.3) is 0 Å². The topological polar surface area (TPSA) is 99.3 Å². The van der Waals surface area contributed by atoms with Gasteiger partial charge in [0.2, 0.25) is 5.91 Å². The second-order valence-electron chi connectivity index (χ2n) is 7.44. The number of fused-ring (bicyclic) bond motifs is 1.